The second-order valence-electron chi connectivity index (χ2n) is 7.82. The lowest BCUT2D eigenvalue weighted by Crippen LogP contribution is -2.24. The van der Waals surface area contributed by atoms with Crippen LogP contribution in [0.5, 0.6) is 0 Å². The summed E-state index contributed by atoms with van der Waals surface area (Å²) in [5.74, 6) is 0.353. The topological polar surface area (TPSA) is 130 Å². The van der Waals surface area contributed by atoms with E-state index >= 15 is 0 Å². The number of carbonyl (C=O) groups excluding carboxylic acids is 2. The van der Waals surface area contributed by atoms with Crippen LogP contribution in [0.25, 0.3) is 0 Å². The summed E-state index contributed by atoms with van der Waals surface area (Å²) in [5, 5.41) is 15.5. The molecule has 162 valence electrons. The second kappa shape index (κ2) is 11.4. The first-order valence-corrected chi connectivity index (χ1v) is 10.6. The number of hydrogen-bond donors (Lipinski definition) is 3. The first-order chi connectivity index (χ1) is 14.7. The number of pyridine rings is 1. The van der Waals surface area contributed by atoms with Crippen LogP contribution < -0.4 is 10.8 Å². The molecule has 2 amide bonds. The van der Waals surface area contributed by atoms with E-state index in [0.29, 0.717) is 17.4 Å². The summed E-state index contributed by atoms with van der Waals surface area (Å²) in [6.07, 6.45) is 10.9. The molecule has 30 heavy (non-hydrogen) atoms. The van der Waals surface area contributed by atoms with Crippen molar-refractivity contribution in [3.8, 4) is 0 Å². The van der Waals surface area contributed by atoms with Gasteiger partial charge in [-0.15, -0.1) is 0 Å². The van der Waals surface area contributed by atoms with Crippen molar-refractivity contribution >= 4 is 11.8 Å². The zero-order chi connectivity index (χ0) is 21.2. The Morgan fingerprint density at radius 3 is 2.80 bits per heavy atom. The molecule has 0 bridgehead atoms. The van der Waals surface area contributed by atoms with Crippen LogP contribution in [-0.2, 0) is 11.3 Å². The number of carbonyl (C=O) groups is 2. The summed E-state index contributed by atoms with van der Waals surface area (Å²) in [5.41, 5.74) is 1.98. The van der Waals surface area contributed by atoms with E-state index in [1.54, 1.807) is 29.9 Å². The minimum atomic E-state index is -0.485. The summed E-state index contributed by atoms with van der Waals surface area (Å²) >= 11 is 0. The molecule has 3 N–H and O–H groups in total. The van der Waals surface area contributed by atoms with Crippen molar-refractivity contribution in [1.82, 2.24) is 25.9 Å². The SMILES string of the molecule is O=C(CC(CCCC1CCCCC1)c1nc(CNC(=O)c2ccccn2)no1)NO. The van der Waals surface area contributed by atoms with E-state index in [9.17, 15) is 9.59 Å². The number of amides is 2. The van der Waals surface area contributed by atoms with E-state index in [0.717, 1.165) is 25.2 Å². The molecular formula is C21H29N5O4. The molecule has 1 fully saturated rings. The average molecular weight is 415 g/mol. The predicted molar refractivity (Wildman–Crippen MR) is 107 cm³/mol. The minimum Gasteiger partial charge on any atom is -0.343 e. The van der Waals surface area contributed by atoms with E-state index < -0.39 is 5.91 Å². The first kappa shape index (κ1) is 21.9. The molecule has 1 aliphatic rings. The van der Waals surface area contributed by atoms with Gasteiger partial charge < -0.3 is 9.84 Å². The Hall–Kier alpha value is -2.81. The number of aromatic nitrogens is 3. The van der Waals surface area contributed by atoms with Crippen molar-refractivity contribution in [1.29, 1.82) is 0 Å². The molecule has 1 saturated carbocycles. The summed E-state index contributed by atoms with van der Waals surface area (Å²) in [4.78, 5) is 32.2. The lowest BCUT2D eigenvalue weighted by molar-refractivity contribution is -0.129. The highest BCUT2D eigenvalue weighted by atomic mass is 16.5. The number of rotatable bonds is 10. The summed E-state index contributed by atoms with van der Waals surface area (Å²) in [6, 6.07) is 5.09. The predicted octanol–water partition coefficient (Wildman–Crippen LogP) is 3.12. The van der Waals surface area contributed by atoms with Crippen LogP contribution >= 0.6 is 0 Å². The summed E-state index contributed by atoms with van der Waals surface area (Å²) in [7, 11) is 0. The normalized spacial score (nSPS) is 15.5. The van der Waals surface area contributed by atoms with Gasteiger partial charge >= 0.3 is 0 Å². The maximum Gasteiger partial charge on any atom is 0.270 e. The van der Waals surface area contributed by atoms with Crippen LogP contribution in [0, 0.1) is 5.92 Å². The number of nitrogens with one attached hydrogen (secondary N) is 2. The number of hydrogen-bond acceptors (Lipinski definition) is 7. The fraction of sp³-hybridized carbons (Fsp3) is 0.571. The molecule has 3 rings (SSSR count). The molecule has 2 aromatic rings. The van der Waals surface area contributed by atoms with Gasteiger partial charge in [0.25, 0.3) is 5.91 Å². The molecule has 0 spiro atoms. The van der Waals surface area contributed by atoms with Crippen molar-refractivity contribution in [2.45, 2.75) is 70.3 Å². The first-order valence-electron chi connectivity index (χ1n) is 10.6. The van der Waals surface area contributed by atoms with E-state index in [2.05, 4.69) is 20.4 Å². The molecular weight excluding hydrogens is 386 g/mol. The Bertz CT molecular complexity index is 805. The quantitative estimate of drug-likeness (QED) is 0.401. The van der Waals surface area contributed by atoms with Gasteiger partial charge in [0.2, 0.25) is 11.8 Å². The van der Waals surface area contributed by atoms with Gasteiger partial charge in [0.15, 0.2) is 5.82 Å². The maximum atomic E-state index is 12.1. The fourth-order valence-electron chi connectivity index (χ4n) is 3.96. The largest absolute Gasteiger partial charge is 0.343 e. The van der Waals surface area contributed by atoms with Gasteiger partial charge in [0.05, 0.1) is 6.54 Å². The van der Waals surface area contributed by atoms with Crippen LogP contribution in [0.1, 0.15) is 85.9 Å². The van der Waals surface area contributed by atoms with Crippen molar-refractivity contribution < 1.29 is 19.3 Å². The lowest BCUT2D eigenvalue weighted by atomic mass is 9.84. The van der Waals surface area contributed by atoms with Crippen LogP contribution in [-0.4, -0.2) is 32.1 Å². The standard InChI is InChI=1S/C21H29N5O4/c27-19(25-29)13-16(10-6-9-15-7-2-1-3-8-15)21-24-18(26-30-21)14-23-20(28)17-11-4-5-12-22-17/h4-5,11-12,15-16,29H,1-3,6-10,13-14H2,(H,23,28)(H,25,27). The average Bonchev–Trinajstić information content (AvgIpc) is 3.27. The smallest absolute Gasteiger partial charge is 0.270 e. The zero-order valence-corrected chi connectivity index (χ0v) is 17.0. The van der Waals surface area contributed by atoms with Crippen molar-refractivity contribution in [2.24, 2.45) is 5.92 Å². The van der Waals surface area contributed by atoms with Crippen molar-refractivity contribution in [2.75, 3.05) is 0 Å². The van der Waals surface area contributed by atoms with Gasteiger partial charge in [-0.1, -0.05) is 56.2 Å². The second-order valence-corrected chi connectivity index (χ2v) is 7.82. The highest BCUT2D eigenvalue weighted by Gasteiger charge is 2.23. The number of hydroxylamine groups is 1. The Balaban J connectivity index is 1.54. The van der Waals surface area contributed by atoms with Crippen LogP contribution in [0.4, 0.5) is 0 Å². The highest BCUT2D eigenvalue weighted by molar-refractivity contribution is 5.92. The maximum absolute atomic E-state index is 12.1. The van der Waals surface area contributed by atoms with E-state index in [1.165, 1.54) is 32.1 Å². The van der Waals surface area contributed by atoms with Gasteiger partial charge in [-0.3, -0.25) is 19.8 Å². The molecule has 2 heterocycles. The summed E-state index contributed by atoms with van der Waals surface area (Å²) in [6.45, 7) is 0.0971. The molecule has 1 atom stereocenters. The van der Waals surface area contributed by atoms with Crippen LogP contribution in [0.3, 0.4) is 0 Å². The molecule has 2 aromatic heterocycles. The highest BCUT2D eigenvalue weighted by Crippen LogP contribution is 2.31. The van der Waals surface area contributed by atoms with Gasteiger partial charge in [0, 0.05) is 18.5 Å². The monoisotopic (exact) mass is 415 g/mol. The third-order valence-corrected chi connectivity index (χ3v) is 5.58. The number of nitrogens with zero attached hydrogens (tertiary/aromatic N) is 3. The molecule has 0 radical (unpaired) electrons. The molecule has 0 aliphatic heterocycles. The Labute approximate surface area is 175 Å². The third kappa shape index (κ3) is 6.62. The molecule has 0 saturated heterocycles. The van der Waals surface area contributed by atoms with Gasteiger partial charge in [-0.2, -0.15) is 4.98 Å². The van der Waals surface area contributed by atoms with Crippen LogP contribution in [0.15, 0.2) is 28.9 Å². The van der Waals surface area contributed by atoms with Crippen LogP contribution in [0.2, 0.25) is 0 Å². The molecule has 0 aromatic carbocycles. The van der Waals surface area contributed by atoms with E-state index in [4.69, 9.17) is 9.73 Å². The molecule has 9 heteroatoms. The van der Waals surface area contributed by atoms with E-state index in [1.807, 2.05) is 0 Å². The lowest BCUT2D eigenvalue weighted by Gasteiger charge is -2.22. The third-order valence-electron chi connectivity index (χ3n) is 5.58. The Kier molecular flexibility index (Phi) is 8.31. The fourth-order valence-corrected chi connectivity index (χ4v) is 3.96. The van der Waals surface area contributed by atoms with Crippen molar-refractivity contribution in [3.63, 3.8) is 0 Å². The Morgan fingerprint density at radius 1 is 1.23 bits per heavy atom. The van der Waals surface area contributed by atoms with Gasteiger partial charge in [0.1, 0.15) is 5.69 Å². The Morgan fingerprint density at radius 2 is 2.07 bits per heavy atom. The molecule has 9 nitrogen and oxygen atoms in total. The van der Waals surface area contributed by atoms with Gasteiger partial charge in [-0.05, 0) is 24.5 Å². The van der Waals surface area contributed by atoms with Crippen molar-refractivity contribution in [3.05, 3.63) is 41.8 Å². The zero-order valence-electron chi connectivity index (χ0n) is 17.0. The minimum absolute atomic E-state index is 0.0725. The molecule has 1 unspecified atom stereocenters. The summed E-state index contributed by atoms with van der Waals surface area (Å²) < 4.78 is 5.36. The van der Waals surface area contributed by atoms with E-state index in [-0.39, 0.29) is 24.8 Å². The molecule has 1 aliphatic carbocycles. The van der Waals surface area contributed by atoms with Gasteiger partial charge in [-0.25, -0.2) is 5.48 Å².